The molecule has 1 atom stereocenters. The van der Waals surface area contributed by atoms with Crippen molar-refractivity contribution in [3.63, 3.8) is 0 Å². The van der Waals surface area contributed by atoms with E-state index in [-0.39, 0.29) is 6.10 Å². The lowest BCUT2D eigenvalue weighted by molar-refractivity contribution is -0.0630. The summed E-state index contributed by atoms with van der Waals surface area (Å²) < 4.78 is 13.0. The van der Waals surface area contributed by atoms with Crippen molar-refractivity contribution in [2.75, 3.05) is 6.61 Å². The van der Waals surface area contributed by atoms with E-state index in [2.05, 4.69) is 111 Å². The normalized spacial score (nSPS) is 12.4. The predicted molar refractivity (Wildman–Crippen MR) is 131 cm³/mol. The molecule has 0 saturated carbocycles. The average molecular weight is 423 g/mol. The third kappa shape index (κ3) is 4.99. The molecule has 4 aromatic carbocycles. The lowest BCUT2D eigenvalue weighted by Crippen LogP contribution is -2.35. The van der Waals surface area contributed by atoms with Crippen molar-refractivity contribution in [1.82, 2.24) is 0 Å². The lowest BCUT2D eigenvalue weighted by atomic mass is 9.80. The van der Waals surface area contributed by atoms with E-state index in [1.54, 1.807) is 0 Å². The van der Waals surface area contributed by atoms with Gasteiger partial charge in [-0.1, -0.05) is 121 Å². The maximum Gasteiger partial charge on any atom is 0.143 e. The summed E-state index contributed by atoms with van der Waals surface area (Å²) in [5.41, 5.74) is 5.01. The van der Waals surface area contributed by atoms with Gasteiger partial charge in [-0.2, -0.15) is 0 Å². The number of rotatable bonds is 9. The van der Waals surface area contributed by atoms with Crippen molar-refractivity contribution in [1.29, 1.82) is 0 Å². The fourth-order valence-corrected chi connectivity index (χ4v) is 3.98. The van der Waals surface area contributed by atoms with Gasteiger partial charge in [0.2, 0.25) is 0 Å². The molecule has 1 unspecified atom stereocenters. The van der Waals surface area contributed by atoms with E-state index < -0.39 is 5.60 Å². The van der Waals surface area contributed by atoms with Gasteiger partial charge in [-0.05, 0) is 36.1 Å². The molecule has 0 radical (unpaired) electrons. The standard InChI is InChI=1S/C30H30O2/c1-24-18-20-26(21-19-24)23-31-25(2)22-32-30(27-12-6-3-7-13-27,28-14-8-4-9-15-28)29-16-10-5-11-17-29/h3-21,25H,22-23H2,1-2H3. The minimum Gasteiger partial charge on any atom is -0.371 e. The molecule has 2 nitrogen and oxygen atoms in total. The van der Waals surface area contributed by atoms with Gasteiger partial charge in [-0.3, -0.25) is 0 Å². The summed E-state index contributed by atoms with van der Waals surface area (Å²) in [7, 11) is 0. The van der Waals surface area contributed by atoms with Crippen LogP contribution in [-0.4, -0.2) is 12.7 Å². The maximum atomic E-state index is 6.83. The minimum atomic E-state index is -0.717. The Morgan fingerprint density at radius 1 is 0.625 bits per heavy atom. The van der Waals surface area contributed by atoms with Crippen LogP contribution in [0.3, 0.4) is 0 Å². The second kappa shape index (κ2) is 10.4. The van der Waals surface area contributed by atoms with Gasteiger partial charge in [-0.25, -0.2) is 0 Å². The van der Waals surface area contributed by atoms with Gasteiger partial charge in [0.15, 0.2) is 0 Å². The summed E-state index contributed by atoms with van der Waals surface area (Å²) in [5, 5.41) is 0. The smallest absolute Gasteiger partial charge is 0.143 e. The van der Waals surface area contributed by atoms with E-state index in [9.17, 15) is 0 Å². The molecular formula is C30H30O2. The van der Waals surface area contributed by atoms with Gasteiger partial charge in [0, 0.05) is 0 Å². The van der Waals surface area contributed by atoms with Crippen LogP contribution in [0.2, 0.25) is 0 Å². The van der Waals surface area contributed by atoms with Crippen LogP contribution in [0.1, 0.15) is 34.7 Å². The third-order valence-electron chi connectivity index (χ3n) is 5.73. The van der Waals surface area contributed by atoms with Gasteiger partial charge in [0.05, 0.1) is 19.3 Å². The predicted octanol–water partition coefficient (Wildman–Crippen LogP) is 6.91. The summed E-state index contributed by atoms with van der Waals surface area (Å²) in [6.07, 6.45) is -0.0631. The molecule has 0 fully saturated rings. The first-order chi connectivity index (χ1) is 15.7. The summed E-state index contributed by atoms with van der Waals surface area (Å²) >= 11 is 0. The highest BCUT2D eigenvalue weighted by atomic mass is 16.5. The van der Waals surface area contributed by atoms with Crippen molar-refractivity contribution < 1.29 is 9.47 Å². The summed E-state index contributed by atoms with van der Waals surface area (Å²) in [5.74, 6) is 0. The topological polar surface area (TPSA) is 18.5 Å². The molecule has 162 valence electrons. The van der Waals surface area contributed by atoms with Crippen molar-refractivity contribution in [3.8, 4) is 0 Å². The molecule has 0 aromatic heterocycles. The molecule has 0 aliphatic rings. The molecule has 4 aromatic rings. The quantitative estimate of drug-likeness (QED) is 0.273. The monoisotopic (exact) mass is 422 g/mol. The van der Waals surface area contributed by atoms with Crippen LogP contribution in [0.15, 0.2) is 115 Å². The molecule has 0 spiro atoms. The number of ether oxygens (including phenoxy) is 2. The molecule has 0 heterocycles. The van der Waals surface area contributed by atoms with Crippen molar-refractivity contribution >= 4 is 0 Å². The van der Waals surface area contributed by atoms with E-state index in [1.807, 2.05) is 18.2 Å². The van der Waals surface area contributed by atoms with Gasteiger partial charge in [0.25, 0.3) is 0 Å². The van der Waals surface area contributed by atoms with Crippen molar-refractivity contribution in [2.45, 2.75) is 32.2 Å². The summed E-state index contributed by atoms with van der Waals surface area (Å²) in [6.45, 7) is 5.20. The highest BCUT2D eigenvalue weighted by molar-refractivity contribution is 5.47. The molecule has 0 bridgehead atoms. The second-order valence-corrected chi connectivity index (χ2v) is 8.20. The highest BCUT2D eigenvalue weighted by Gasteiger charge is 2.37. The third-order valence-corrected chi connectivity index (χ3v) is 5.73. The minimum absolute atomic E-state index is 0.0631. The fraction of sp³-hybridized carbons (Fsp3) is 0.200. The Hall–Kier alpha value is -3.20. The molecule has 2 heteroatoms. The van der Waals surface area contributed by atoms with Gasteiger partial charge in [-0.15, -0.1) is 0 Å². The summed E-state index contributed by atoms with van der Waals surface area (Å²) in [4.78, 5) is 0. The van der Waals surface area contributed by atoms with Crippen LogP contribution in [-0.2, 0) is 21.7 Å². The molecular weight excluding hydrogens is 392 g/mol. The van der Waals surface area contributed by atoms with Gasteiger partial charge in [0.1, 0.15) is 5.60 Å². The van der Waals surface area contributed by atoms with Crippen LogP contribution in [0.4, 0.5) is 0 Å². The molecule has 4 rings (SSSR count). The Bertz CT molecular complexity index is 977. The second-order valence-electron chi connectivity index (χ2n) is 8.20. The molecule has 0 aliphatic carbocycles. The SMILES string of the molecule is Cc1ccc(COC(C)COC(c2ccccc2)(c2ccccc2)c2ccccc2)cc1. The average Bonchev–Trinajstić information content (AvgIpc) is 2.86. The Kier molecular flexibility index (Phi) is 7.16. The number of benzene rings is 4. The first-order valence-corrected chi connectivity index (χ1v) is 11.2. The maximum absolute atomic E-state index is 6.83. The van der Waals surface area contributed by atoms with Gasteiger partial charge >= 0.3 is 0 Å². The first-order valence-electron chi connectivity index (χ1n) is 11.2. The largest absolute Gasteiger partial charge is 0.371 e. The highest BCUT2D eigenvalue weighted by Crippen LogP contribution is 2.40. The van der Waals surface area contributed by atoms with E-state index >= 15 is 0 Å². The molecule has 0 amide bonds. The zero-order valence-electron chi connectivity index (χ0n) is 18.8. The van der Waals surface area contributed by atoms with E-state index in [0.29, 0.717) is 13.2 Å². The first kappa shape index (κ1) is 22.0. The van der Waals surface area contributed by atoms with Crippen LogP contribution in [0, 0.1) is 6.92 Å². The summed E-state index contributed by atoms with van der Waals surface area (Å²) in [6, 6.07) is 39.8. The number of hydrogen-bond acceptors (Lipinski definition) is 2. The Balaban J connectivity index is 1.63. The number of aryl methyl sites for hydroxylation is 1. The Morgan fingerprint density at radius 2 is 1.06 bits per heavy atom. The zero-order chi connectivity index (χ0) is 22.2. The van der Waals surface area contributed by atoms with E-state index in [4.69, 9.17) is 9.47 Å². The van der Waals surface area contributed by atoms with Crippen LogP contribution < -0.4 is 0 Å². The molecule has 0 N–H and O–H groups in total. The van der Waals surface area contributed by atoms with Crippen molar-refractivity contribution in [2.24, 2.45) is 0 Å². The fourth-order valence-electron chi connectivity index (χ4n) is 3.98. The number of hydrogen-bond donors (Lipinski definition) is 0. The molecule has 0 saturated heterocycles. The zero-order valence-corrected chi connectivity index (χ0v) is 18.8. The molecule has 0 aliphatic heterocycles. The Labute approximate surface area is 191 Å². The van der Waals surface area contributed by atoms with Crippen LogP contribution in [0.25, 0.3) is 0 Å². The lowest BCUT2D eigenvalue weighted by Gasteiger charge is -2.36. The van der Waals surface area contributed by atoms with Crippen LogP contribution in [0.5, 0.6) is 0 Å². The van der Waals surface area contributed by atoms with Crippen LogP contribution >= 0.6 is 0 Å². The van der Waals surface area contributed by atoms with Gasteiger partial charge < -0.3 is 9.47 Å². The Morgan fingerprint density at radius 3 is 1.50 bits per heavy atom. The molecule has 32 heavy (non-hydrogen) atoms. The van der Waals surface area contributed by atoms with E-state index in [0.717, 1.165) is 16.7 Å². The van der Waals surface area contributed by atoms with Crippen molar-refractivity contribution in [3.05, 3.63) is 143 Å². The van der Waals surface area contributed by atoms with E-state index in [1.165, 1.54) is 11.1 Å².